The van der Waals surface area contributed by atoms with Gasteiger partial charge in [-0.25, -0.2) is 4.68 Å². The third kappa shape index (κ3) is 4.75. The number of aliphatic hydroxyl groups is 1. The van der Waals surface area contributed by atoms with Gasteiger partial charge in [-0.2, -0.15) is 0 Å². The third-order valence-corrected chi connectivity index (χ3v) is 4.55. The Labute approximate surface area is 143 Å². The van der Waals surface area contributed by atoms with Crippen LogP contribution in [-0.2, 0) is 22.7 Å². The van der Waals surface area contributed by atoms with E-state index in [1.54, 1.807) is 15.8 Å². The van der Waals surface area contributed by atoms with Gasteiger partial charge >= 0.3 is 0 Å². The number of nitrogens with zero attached hydrogens (tertiary/aromatic N) is 4. The van der Waals surface area contributed by atoms with Crippen molar-refractivity contribution in [2.45, 2.75) is 52.0 Å². The first kappa shape index (κ1) is 18.8. The average molecular weight is 339 g/mol. The predicted molar refractivity (Wildman–Crippen MR) is 89.2 cm³/mol. The van der Waals surface area contributed by atoms with Crippen molar-refractivity contribution in [2.75, 3.05) is 26.7 Å². The van der Waals surface area contributed by atoms with Crippen molar-refractivity contribution >= 4 is 5.91 Å². The fourth-order valence-corrected chi connectivity index (χ4v) is 2.97. The Morgan fingerprint density at radius 1 is 1.54 bits per heavy atom. The molecule has 1 amide bonds. The number of carbonyl (C=O) groups excluding carboxylic acids is 1. The van der Waals surface area contributed by atoms with Crippen LogP contribution >= 0.6 is 0 Å². The lowest BCUT2D eigenvalue weighted by molar-refractivity contribution is -0.136. The summed E-state index contributed by atoms with van der Waals surface area (Å²) < 4.78 is 7.89. The first-order valence-corrected chi connectivity index (χ1v) is 8.60. The van der Waals surface area contributed by atoms with Crippen LogP contribution in [0.2, 0.25) is 0 Å². The Balaban J connectivity index is 2.20. The Morgan fingerprint density at radius 2 is 2.33 bits per heavy atom. The van der Waals surface area contributed by atoms with Crippen LogP contribution in [0.15, 0.2) is 6.20 Å². The number of nitrogens with one attached hydrogen (secondary N) is 1. The molecule has 2 N–H and O–H groups in total. The van der Waals surface area contributed by atoms with E-state index in [4.69, 9.17) is 4.74 Å². The van der Waals surface area contributed by atoms with Crippen LogP contribution < -0.4 is 5.32 Å². The van der Waals surface area contributed by atoms with E-state index in [0.29, 0.717) is 39.1 Å². The molecule has 3 atom stereocenters. The maximum Gasteiger partial charge on any atom is 0.222 e. The normalized spacial score (nSPS) is 24.8. The largest absolute Gasteiger partial charge is 0.394 e. The highest BCUT2D eigenvalue weighted by molar-refractivity contribution is 5.76. The first-order valence-electron chi connectivity index (χ1n) is 8.60. The summed E-state index contributed by atoms with van der Waals surface area (Å²) in [7, 11) is 1.89. The van der Waals surface area contributed by atoms with E-state index in [0.717, 1.165) is 5.69 Å². The second-order valence-electron chi connectivity index (χ2n) is 6.51. The van der Waals surface area contributed by atoms with Gasteiger partial charge in [0.25, 0.3) is 0 Å². The minimum atomic E-state index is -0.194. The quantitative estimate of drug-likeness (QED) is 0.804. The monoisotopic (exact) mass is 339 g/mol. The number of ether oxygens (including phenoxy) is 1. The lowest BCUT2D eigenvalue weighted by Gasteiger charge is -2.34. The predicted octanol–water partition coefficient (Wildman–Crippen LogP) is 0.0220. The van der Waals surface area contributed by atoms with Crippen molar-refractivity contribution in [3.8, 4) is 0 Å². The zero-order valence-electron chi connectivity index (χ0n) is 14.8. The van der Waals surface area contributed by atoms with E-state index in [2.05, 4.69) is 22.6 Å². The molecule has 24 heavy (non-hydrogen) atoms. The molecule has 8 heteroatoms. The number of hydrogen-bond donors (Lipinski definition) is 2. The molecule has 8 nitrogen and oxygen atoms in total. The summed E-state index contributed by atoms with van der Waals surface area (Å²) in [6, 6.07) is -0.194. The van der Waals surface area contributed by atoms with Gasteiger partial charge in [0, 0.05) is 32.0 Å². The van der Waals surface area contributed by atoms with Crippen LogP contribution in [0, 0.1) is 5.92 Å². The van der Waals surface area contributed by atoms with Crippen molar-refractivity contribution in [1.82, 2.24) is 25.2 Å². The van der Waals surface area contributed by atoms with E-state index in [9.17, 15) is 9.90 Å². The van der Waals surface area contributed by atoms with Gasteiger partial charge in [-0.3, -0.25) is 4.79 Å². The molecule has 0 fully saturated rings. The van der Waals surface area contributed by atoms with E-state index in [-0.39, 0.29) is 30.6 Å². The number of likely N-dealkylation sites (N-methyl/N-ethyl adjacent to an activating group) is 1. The molecule has 0 spiro atoms. The third-order valence-electron chi connectivity index (χ3n) is 4.55. The number of carbonyl (C=O) groups is 1. The summed E-state index contributed by atoms with van der Waals surface area (Å²) in [6.45, 7) is 6.27. The topological polar surface area (TPSA) is 92.5 Å². The minimum absolute atomic E-state index is 0.0385. The lowest BCUT2D eigenvalue weighted by Crippen LogP contribution is -2.47. The van der Waals surface area contributed by atoms with Gasteiger partial charge in [-0.1, -0.05) is 12.1 Å². The fourth-order valence-electron chi connectivity index (χ4n) is 2.97. The number of aliphatic hydroxyl groups excluding tert-OH is 1. The standard InChI is InChI=1S/C16H29N5O3/c1-12-9-20(13(2)10-22)16(23)5-4-6-21-14(7-18-19-21)11-24-15(12)8-17-3/h7,12-13,15,17,22H,4-6,8-11H2,1-3H3/t12-,13-,15-/m0/s1. The summed E-state index contributed by atoms with van der Waals surface area (Å²) in [5.41, 5.74) is 0.928. The van der Waals surface area contributed by atoms with Gasteiger partial charge < -0.3 is 20.1 Å². The van der Waals surface area contributed by atoms with Gasteiger partial charge in [-0.05, 0) is 20.4 Å². The molecule has 2 rings (SSSR count). The van der Waals surface area contributed by atoms with E-state index in [1.807, 2.05) is 14.0 Å². The smallest absolute Gasteiger partial charge is 0.222 e. The number of rotatable bonds is 4. The van der Waals surface area contributed by atoms with Crippen LogP contribution in [0.5, 0.6) is 0 Å². The Morgan fingerprint density at radius 3 is 3.04 bits per heavy atom. The van der Waals surface area contributed by atoms with Gasteiger partial charge in [0.05, 0.1) is 37.3 Å². The summed E-state index contributed by atoms with van der Waals surface area (Å²) in [5, 5.41) is 20.7. The molecule has 0 aromatic carbocycles. The molecule has 2 heterocycles. The molecule has 1 aromatic heterocycles. The van der Waals surface area contributed by atoms with E-state index in [1.165, 1.54) is 0 Å². The van der Waals surface area contributed by atoms with Gasteiger partial charge in [0.1, 0.15) is 0 Å². The highest BCUT2D eigenvalue weighted by Crippen LogP contribution is 2.17. The number of aryl methyl sites for hydroxylation is 1. The zero-order chi connectivity index (χ0) is 17.5. The van der Waals surface area contributed by atoms with Crippen LogP contribution in [0.3, 0.4) is 0 Å². The van der Waals surface area contributed by atoms with Crippen molar-refractivity contribution in [1.29, 1.82) is 0 Å². The molecular weight excluding hydrogens is 310 g/mol. The van der Waals surface area contributed by atoms with Crippen LogP contribution in [0.25, 0.3) is 0 Å². The minimum Gasteiger partial charge on any atom is -0.394 e. The number of aromatic nitrogens is 3. The summed E-state index contributed by atoms with van der Waals surface area (Å²) >= 11 is 0. The molecule has 136 valence electrons. The van der Waals surface area contributed by atoms with Crippen molar-refractivity contribution < 1.29 is 14.6 Å². The molecule has 1 aromatic rings. The van der Waals surface area contributed by atoms with E-state index < -0.39 is 0 Å². The lowest BCUT2D eigenvalue weighted by atomic mass is 10.0. The molecule has 0 bridgehead atoms. The Hall–Kier alpha value is -1.51. The molecule has 0 aliphatic carbocycles. The van der Waals surface area contributed by atoms with Crippen LogP contribution in [0.1, 0.15) is 32.4 Å². The molecule has 1 aliphatic heterocycles. The molecular formula is C16H29N5O3. The Kier molecular flexibility index (Phi) is 7.14. The SMILES string of the molecule is CNC[C@@H]1OCc2cnnn2CCCC(=O)N([C@@H](C)CO)C[C@@H]1C. The van der Waals surface area contributed by atoms with Gasteiger partial charge in [0.2, 0.25) is 5.91 Å². The fraction of sp³-hybridized carbons (Fsp3) is 0.812. The zero-order valence-corrected chi connectivity index (χ0v) is 14.8. The molecule has 0 unspecified atom stereocenters. The van der Waals surface area contributed by atoms with Gasteiger partial charge in [0.15, 0.2) is 0 Å². The molecule has 0 radical (unpaired) electrons. The molecule has 0 saturated heterocycles. The van der Waals surface area contributed by atoms with Crippen molar-refractivity contribution in [3.05, 3.63) is 11.9 Å². The van der Waals surface area contributed by atoms with Gasteiger partial charge in [-0.15, -0.1) is 5.10 Å². The second-order valence-corrected chi connectivity index (χ2v) is 6.51. The summed E-state index contributed by atoms with van der Waals surface area (Å²) in [6.07, 6.45) is 2.81. The highest BCUT2D eigenvalue weighted by atomic mass is 16.5. The highest BCUT2D eigenvalue weighted by Gasteiger charge is 2.27. The molecule has 0 saturated carbocycles. The number of fused-ring (bicyclic) bond motifs is 1. The second kappa shape index (κ2) is 9.10. The van der Waals surface area contributed by atoms with Crippen molar-refractivity contribution in [3.63, 3.8) is 0 Å². The maximum atomic E-state index is 12.6. The van der Waals surface area contributed by atoms with Crippen LogP contribution in [-0.4, -0.2) is 69.8 Å². The number of hydrogen-bond acceptors (Lipinski definition) is 6. The number of amides is 1. The summed E-state index contributed by atoms with van der Waals surface area (Å²) in [4.78, 5) is 14.4. The molecule has 1 aliphatic rings. The van der Waals surface area contributed by atoms with Crippen molar-refractivity contribution in [2.24, 2.45) is 5.92 Å². The average Bonchev–Trinajstić information content (AvgIpc) is 3.01. The Bertz CT molecular complexity index is 522. The first-order chi connectivity index (χ1) is 11.6. The van der Waals surface area contributed by atoms with E-state index >= 15 is 0 Å². The van der Waals surface area contributed by atoms with Crippen LogP contribution in [0.4, 0.5) is 0 Å². The maximum absolute atomic E-state index is 12.6. The summed E-state index contributed by atoms with van der Waals surface area (Å²) in [5.74, 6) is 0.202.